The summed E-state index contributed by atoms with van der Waals surface area (Å²) in [6.45, 7) is 0.160. The zero-order valence-corrected chi connectivity index (χ0v) is 13.8. The average Bonchev–Trinajstić information content (AvgIpc) is 2.70. The molecule has 0 unspecified atom stereocenters. The first-order valence-corrected chi connectivity index (χ1v) is 7.98. The number of nitriles is 1. The molecule has 0 spiro atoms. The SMILES string of the molecule is N#Cc1ccc(C(=O)OCC(=O)NC[C@@H]2COc3ccccc3O2)cc1. The Balaban J connectivity index is 1.42. The molecular weight excluding hydrogens is 336 g/mol. The van der Waals surface area contributed by atoms with E-state index in [9.17, 15) is 9.59 Å². The van der Waals surface area contributed by atoms with E-state index < -0.39 is 18.5 Å². The zero-order valence-electron chi connectivity index (χ0n) is 13.8. The number of nitrogens with one attached hydrogen (secondary N) is 1. The molecule has 0 radical (unpaired) electrons. The Hall–Kier alpha value is -3.53. The summed E-state index contributed by atoms with van der Waals surface area (Å²) in [4.78, 5) is 23.7. The van der Waals surface area contributed by atoms with E-state index >= 15 is 0 Å². The van der Waals surface area contributed by atoms with Gasteiger partial charge in [0.25, 0.3) is 5.91 Å². The van der Waals surface area contributed by atoms with E-state index in [0.717, 1.165) is 0 Å². The van der Waals surface area contributed by atoms with Crippen LogP contribution in [0.4, 0.5) is 0 Å². The normalized spacial score (nSPS) is 14.8. The van der Waals surface area contributed by atoms with E-state index in [1.807, 2.05) is 24.3 Å². The summed E-state index contributed by atoms with van der Waals surface area (Å²) in [6.07, 6.45) is -0.317. The second-order valence-corrected chi connectivity index (χ2v) is 5.57. The van der Waals surface area contributed by atoms with E-state index in [4.69, 9.17) is 19.5 Å². The molecule has 1 heterocycles. The van der Waals surface area contributed by atoms with Gasteiger partial charge in [-0.15, -0.1) is 0 Å². The third-order valence-electron chi connectivity index (χ3n) is 3.68. The van der Waals surface area contributed by atoms with Crippen molar-refractivity contribution in [1.82, 2.24) is 5.32 Å². The second-order valence-electron chi connectivity index (χ2n) is 5.57. The van der Waals surface area contributed by atoms with Crippen LogP contribution < -0.4 is 14.8 Å². The van der Waals surface area contributed by atoms with Gasteiger partial charge in [-0.1, -0.05) is 12.1 Å². The van der Waals surface area contributed by atoms with Crippen molar-refractivity contribution < 1.29 is 23.8 Å². The van der Waals surface area contributed by atoms with E-state index in [-0.39, 0.29) is 18.2 Å². The Bertz CT molecular complexity index is 842. The maximum absolute atomic E-state index is 11.9. The van der Waals surface area contributed by atoms with Crippen molar-refractivity contribution in [3.8, 4) is 17.6 Å². The lowest BCUT2D eigenvalue weighted by Crippen LogP contribution is -2.42. The number of amides is 1. The van der Waals surface area contributed by atoms with Gasteiger partial charge in [0.2, 0.25) is 0 Å². The number of carbonyl (C=O) groups excluding carboxylic acids is 2. The Morgan fingerprint density at radius 1 is 1.15 bits per heavy atom. The first-order chi connectivity index (χ1) is 12.7. The molecule has 1 aliphatic rings. The number of nitrogens with zero attached hydrogens (tertiary/aromatic N) is 1. The van der Waals surface area contributed by atoms with Crippen LogP contribution >= 0.6 is 0 Å². The largest absolute Gasteiger partial charge is 0.486 e. The van der Waals surface area contributed by atoms with Crippen molar-refractivity contribution in [3.05, 3.63) is 59.7 Å². The minimum absolute atomic E-state index is 0.238. The van der Waals surface area contributed by atoms with Gasteiger partial charge in [-0.25, -0.2) is 4.79 Å². The fraction of sp³-hybridized carbons (Fsp3) is 0.211. The van der Waals surface area contributed by atoms with Crippen LogP contribution in [0.3, 0.4) is 0 Å². The van der Waals surface area contributed by atoms with Gasteiger partial charge >= 0.3 is 5.97 Å². The van der Waals surface area contributed by atoms with Crippen LogP contribution in [0.15, 0.2) is 48.5 Å². The lowest BCUT2D eigenvalue weighted by Gasteiger charge is -2.26. The van der Waals surface area contributed by atoms with Gasteiger partial charge in [0.05, 0.1) is 23.7 Å². The van der Waals surface area contributed by atoms with Crippen LogP contribution in [-0.4, -0.2) is 37.7 Å². The van der Waals surface area contributed by atoms with E-state index in [1.54, 1.807) is 6.07 Å². The lowest BCUT2D eigenvalue weighted by atomic mass is 10.1. The molecule has 0 saturated carbocycles. The summed E-state index contributed by atoms with van der Waals surface area (Å²) >= 11 is 0. The van der Waals surface area contributed by atoms with Gasteiger partial charge in [-0.3, -0.25) is 4.79 Å². The Morgan fingerprint density at radius 3 is 2.62 bits per heavy atom. The lowest BCUT2D eigenvalue weighted by molar-refractivity contribution is -0.124. The van der Waals surface area contributed by atoms with Crippen LogP contribution in [0.1, 0.15) is 15.9 Å². The first-order valence-electron chi connectivity index (χ1n) is 7.98. The number of esters is 1. The van der Waals surface area contributed by atoms with Crippen molar-refractivity contribution in [2.45, 2.75) is 6.10 Å². The van der Waals surface area contributed by atoms with Gasteiger partial charge in [0.1, 0.15) is 12.7 Å². The molecular formula is C19H16N2O5. The maximum atomic E-state index is 11.9. The van der Waals surface area contributed by atoms with Crippen LogP contribution in [0.25, 0.3) is 0 Å². The third kappa shape index (κ3) is 4.30. The average molecular weight is 352 g/mol. The van der Waals surface area contributed by atoms with Crippen molar-refractivity contribution in [2.75, 3.05) is 19.8 Å². The first kappa shape index (κ1) is 17.3. The molecule has 1 N–H and O–H groups in total. The summed E-state index contributed by atoms with van der Waals surface area (Å²) in [5, 5.41) is 11.4. The van der Waals surface area contributed by atoms with E-state index in [1.165, 1.54) is 24.3 Å². The fourth-order valence-corrected chi connectivity index (χ4v) is 2.34. The maximum Gasteiger partial charge on any atom is 0.338 e. The molecule has 2 aromatic carbocycles. The second kappa shape index (κ2) is 8.03. The van der Waals surface area contributed by atoms with Crippen LogP contribution in [-0.2, 0) is 9.53 Å². The van der Waals surface area contributed by atoms with Crippen LogP contribution in [0.2, 0.25) is 0 Å². The molecule has 1 atom stereocenters. The predicted octanol–water partition coefficient (Wildman–Crippen LogP) is 1.67. The topological polar surface area (TPSA) is 97.7 Å². The van der Waals surface area contributed by atoms with Crippen molar-refractivity contribution >= 4 is 11.9 Å². The standard InChI is InChI=1S/C19H16N2O5/c20-9-13-5-7-14(8-6-13)19(23)25-12-18(22)21-10-15-11-24-16-3-1-2-4-17(16)26-15/h1-8,15H,10-12H2,(H,21,22)/t15-/m1/s1. The van der Waals surface area contributed by atoms with Crippen LogP contribution in [0, 0.1) is 11.3 Å². The fourth-order valence-electron chi connectivity index (χ4n) is 2.34. The molecule has 3 rings (SSSR count). The molecule has 0 aliphatic carbocycles. The van der Waals surface area contributed by atoms with Gasteiger partial charge in [0, 0.05) is 0 Å². The number of carbonyl (C=O) groups is 2. The molecule has 2 aromatic rings. The van der Waals surface area contributed by atoms with Gasteiger partial charge in [-0.2, -0.15) is 5.26 Å². The highest BCUT2D eigenvalue weighted by molar-refractivity contribution is 5.91. The molecule has 7 heteroatoms. The zero-order chi connectivity index (χ0) is 18.4. The van der Waals surface area contributed by atoms with E-state index in [2.05, 4.69) is 5.32 Å². The summed E-state index contributed by atoms with van der Waals surface area (Å²) in [5.74, 6) is 0.238. The number of hydrogen-bond donors (Lipinski definition) is 1. The molecule has 0 aromatic heterocycles. The number of hydrogen-bond acceptors (Lipinski definition) is 6. The smallest absolute Gasteiger partial charge is 0.338 e. The minimum atomic E-state index is -0.629. The number of para-hydroxylation sites is 2. The molecule has 0 fully saturated rings. The number of fused-ring (bicyclic) bond motifs is 1. The highest BCUT2D eigenvalue weighted by Crippen LogP contribution is 2.30. The summed E-state index contributed by atoms with van der Waals surface area (Å²) < 4.78 is 16.2. The molecule has 0 saturated heterocycles. The van der Waals surface area contributed by atoms with Crippen molar-refractivity contribution in [3.63, 3.8) is 0 Å². The predicted molar refractivity (Wildman–Crippen MR) is 90.8 cm³/mol. The Morgan fingerprint density at radius 2 is 1.88 bits per heavy atom. The molecule has 7 nitrogen and oxygen atoms in total. The highest BCUT2D eigenvalue weighted by Gasteiger charge is 2.21. The third-order valence-corrected chi connectivity index (χ3v) is 3.68. The minimum Gasteiger partial charge on any atom is -0.486 e. The molecule has 132 valence electrons. The van der Waals surface area contributed by atoms with Crippen molar-refractivity contribution in [2.24, 2.45) is 0 Å². The molecule has 1 aliphatic heterocycles. The number of benzene rings is 2. The quantitative estimate of drug-likeness (QED) is 0.822. The van der Waals surface area contributed by atoms with Crippen molar-refractivity contribution in [1.29, 1.82) is 5.26 Å². The van der Waals surface area contributed by atoms with E-state index in [0.29, 0.717) is 23.7 Å². The summed E-state index contributed by atoms with van der Waals surface area (Å²) in [5.41, 5.74) is 0.716. The highest BCUT2D eigenvalue weighted by atomic mass is 16.6. The Kier molecular flexibility index (Phi) is 5.34. The molecule has 1 amide bonds. The monoisotopic (exact) mass is 352 g/mol. The number of rotatable bonds is 5. The molecule has 0 bridgehead atoms. The van der Waals surface area contributed by atoms with Gasteiger partial charge in [-0.05, 0) is 36.4 Å². The number of ether oxygens (including phenoxy) is 3. The van der Waals surface area contributed by atoms with Gasteiger partial charge < -0.3 is 19.5 Å². The van der Waals surface area contributed by atoms with Crippen LogP contribution in [0.5, 0.6) is 11.5 Å². The van der Waals surface area contributed by atoms with Gasteiger partial charge in [0.15, 0.2) is 18.1 Å². The Labute approximate surface area is 150 Å². The summed E-state index contributed by atoms with van der Waals surface area (Å²) in [7, 11) is 0. The molecule has 26 heavy (non-hydrogen) atoms. The summed E-state index contributed by atoms with van der Waals surface area (Å²) in [6, 6.07) is 15.2.